The minimum absolute atomic E-state index is 0.0583. The van der Waals surface area contributed by atoms with Crippen LogP contribution in [0.2, 0.25) is 0 Å². The molecule has 8 aromatic rings. The lowest BCUT2D eigenvalue weighted by Crippen LogP contribution is -2.71. The van der Waals surface area contributed by atoms with E-state index in [1.54, 1.807) is 5.38 Å². The number of β-lactam (4-membered cyclic amide) rings is 1. The van der Waals surface area contributed by atoms with E-state index in [1.807, 2.05) is 212 Å². The molecule has 1 aromatic heterocycles. The number of rotatable bonds is 22. The predicted molar refractivity (Wildman–Crippen MR) is 312 cm³/mol. The second kappa shape index (κ2) is 25.8. The molecule has 0 aliphatic carbocycles. The number of esters is 2. The Balaban J connectivity index is 0.955. The van der Waals surface area contributed by atoms with Gasteiger partial charge in [0.05, 0.1) is 0 Å². The molecular weight excluding hydrogens is 1060 g/mol. The second-order valence-electron chi connectivity index (χ2n) is 18.5. The van der Waals surface area contributed by atoms with Crippen LogP contribution >= 0.6 is 34.9 Å². The fraction of sp³-hybridized carbons (Fsp3) is 0.159. The fourth-order valence-electron chi connectivity index (χ4n) is 9.53. The number of amides is 3. The number of thiazole rings is 1. The van der Waals surface area contributed by atoms with Gasteiger partial charge in [-0.05, 0) is 38.9 Å². The smallest absolute Gasteiger partial charge is 0.356 e. The van der Waals surface area contributed by atoms with Gasteiger partial charge in [-0.2, -0.15) is 0 Å². The van der Waals surface area contributed by atoms with Gasteiger partial charge in [-0.15, -0.1) is 34.9 Å². The largest absolute Gasteiger partial charge is 0.450 e. The molecule has 3 heterocycles. The molecule has 17 heteroatoms. The molecule has 2 atom stereocenters. The molecule has 0 unspecified atom stereocenters. The third-order valence-corrected chi connectivity index (χ3v) is 16.6. The van der Waals surface area contributed by atoms with Crippen molar-refractivity contribution in [3.05, 3.63) is 273 Å². The average Bonchev–Trinajstić information content (AvgIpc) is 3.98. The molecule has 1 fully saturated rings. The highest BCUT2D eigenvalue weighted by Gasteiger charge is 2.55. The van der Waals surface area contributed by atoms with E-state index >= 15 is 0 Å². The van der Waals surface area contributed by atoms with Gasteiger partial charge in [-0.3, -0.25) is 19.3 Å². The summed E-state index contributed by atoms with van der Waals surface area (Å²) in [5, 5.41) is 15.0. The summed E-state index contributed by atoms with van der Waals surface area (Å²) >= 11 is 3.94. The highest BCUT2D eigenvalue weighted by molar-refractivity contribution is 8.06. The van der Waals surface area contributed by atoms with Crippen LogP contribution in [0.1, 0.15) is 63.8 Å². The molecule has 3 N–H and O–H groups in total. The van der Waals surface area contributed by atoms with Crippen LogP contribution in [-0.4, -0.2) is 81.3 Å². The zero-order valence-electron chi connectivity index (χ0n) is 43.3. The van der Waals surface area contributed by atoms with E-state index in [9.17, 15) is 24.0 Å². The quantitative estimate of drug-likeness (QED) is 0.0146. The first-order chi connectivity index (χ1) is 39.2. The maximum absolute atomic E-state index is 14.9. The number of hydrogen-bond donors (Lipinski definition) is 3. The van der Waals surface area contributed by atoms with E-state index in [-0.39, 0.29) is 23.0 Å². The Morgan fingerprint density at radius 1 is 0.675 bits per heavy atom. The van der Waals surface area contributed by atoms with Gasteiger partial charge < -0.3 is 30.3 Å². The van der Waals surface area contributed by atoms with Crippen molar-refractivity contribution in [2.45, 2.75) is 36.1 Å². The highest BCUT2D eigenvalue weighted by Crippen LogP contribution is 2.45. The van der Waals surface area contributed by atoms with Gasteiger partial charge in [-0.25, -0.2) is 14.6 Å². The third kappa shape index (κ3) is 12.4. The summed E-state index contributed by atoms with van der Waals surface area (Å²) in [6, 6.07) is 66.0. The molecule has 2 aliphatic rings. The first-order valence-corrected chi connectivity index (χ1v) is 28.7. The number of anilines is 1. The van der Waals surface area contributed by atoms with Gasteiger partial charge in [0.1, 0.15) is 28.3 Å². The van der Waals surface area contributed by atoms with E-state index in [4.69, 9.17) is 19.3 Å². The van der Waals surface area contributed by atoms with Crippen LogP contribution in [0.25, 0.3) is 0 Å². The summed E-state index contributed by atoms with van der Waals surface area (Å²) in [5.41, 5.74) is 4.57. The third-order valence-electron chi connectivity index (χ3n) is 13.3. The zero-order chi connectivity index (χ0) is 55.3. The molecule has 0 saturated carbocycles. The topological polar surface area (TPSA) is 178 Å². The lowest BCUT2D eigenvalue weighted by atomic mass is 9.77. The number of carbonyl (C=O) groups is 5. The molecule has 0 radical (unpaired) electrons. The second-order valence-corrected chi connectivity index (χ2v) is 21.6. The molecule has 10 rings (SSSR count). The van der Waals surface area contributed by atoms with Crippen LogP contribution in [0.3, 0.4) is 0 Å². The van der Waals surface area contributed by atoms with Gasteiger partial charge >= 0.3 is 11.9 Å². The van der Waals surface area contributed by atoms with Crippen molar-refractivity contribution in [3.8, 4) is 0 Å². The summed E-state index contributed by atoms with van der Waals surface area (Å²) in [6.45, 7) is 1.07. The Morgan fingerprint density at radius 3 is 1.61 bits per heavy atom. The van der Waals surface area contributed by atoms with E-state index in [0.29, 0.717) is 28.1 Å². The Labute approximate surface area is 475 Å². The number of oxime groups is 1. The number of nitrogens with zero attached hydrogens (tertiary/aromatic N) is 3. The molecule has 2 aliphatic heterocycles. The van der Waals surface area contributed by atoms with Crippen molar-refractivity contribution in [1.29, 1.82) is 0 Å². The summed E-state index contributed by atoms with van der Waals surface area (Å²) in [6.07, 6.45) is -1.57. The Bertz CT molecular complexity index is 3310. The van der Waals surface area contributed by atoms with Gasteiger partial charge in [0.15, 0.2) is 23.1 Å². The minimum atomic E-state index is -1.13. The standard InChI is InChI=1S/C63H54N6O8S3/c1-42(70)64-37-38-78-51-41-79-60-54(59(73)69(60)55(51)61(74)77-57(45-27-13-4-14-28-45)46-29-15-5-16-30-46)66-58(72)53(68-75-39-52(71)76-56(43-23-9-2-10-24-43)44-25-11-3-12-26-44)50-40-80-62(65-50)67-63(47-31-17-6-18-32-47,48-33-19-7-20-34-48)49-35-21-8-22-36-49/h2-36,40,54,56-57,60H,37-39,41H2,1H3,(H,64,70)(H,65,67)(H,66,72)/b68-53-/t54-,60+/m1/s1. The van der Waals surface area contributed by atoms with Gasteiger partial charge in [0, 0.05) is 35.3 Å². The van der Waals surface area contributed by atoms with E-state index in [2.05, 4.69) is 21.1 Å². The van der Waals surface area contributed by atoms with Crippen molar-refractivity contribution < 1.29 is 38.3 Å². The van der Waals surface area contributed by atoms with Crippen molar-refractivity contribution >= 4 is 75.4 Å². The SMILES string of the molecule is CC(=O)NCCSC1=C(C(=O)OC(c2ccccc2)c2ccccc2)N2C(=O)[C@@H](NC(=O)/C(=N\OCC(=O)OC(c3ccccc3)c3ccccc3)c3csc(NC(c4ccccc4)(c4ccccc4)c4ccccc4)n3)[C@@H]2SC1. The van der Waals surface area contributed by atoms with Crippen LogP contribution in [0, 0.1) is 0 Å². The predicted octanol–water partition coefficient (Wildman–Crippen LogP) is 10.4. The number of fused-ring (bicyclic) bond motifs is 1. The van der Waals surface area contributed by atoms with Crippen molar-refractivity contribution in [2.24, 2.45) is 5.16 Å². The van der Waals surface area contributed by atoms with E-state index in [1.165, 1.54) is 46.7 Å². The number of nitrogens with one attached hydrogen (secondary N) is 3. The highest BCUT2D eigenvalue weighted by atomic mass is 32.2. The van der Waals surface area contributed by atoms with E-state index in [0.717, 1.165) is 38.9 Å². The van der Waals surface area contributed by atoms with Crippen LogP contribution in [-0.2, 0) is 43.8 Å². The van der Waals surface area contributed by atoms with Crippen molar-refractivity contribution in [3.63, 3.8) is 0 Å². The summed E-state index contributed by atoms with van der Waals surface area (Å²) in [4.78, 5) is 82.3. The maximum Gasteiger partial charge on any atom is 0.356 e. The average molecular weight is 1120 g/mol. The van der Waals surface area contributed by atoms with Crippen LogP contribution < -0.4 is 16.0 Å². The molecule has 3 amide bonds. The Hall–Kier alpha value is -8.77. The fourth-order valence-corrected chi connectivity index (χ4v) is 12.8. The number of thioether (sulfide) groups is 2. The summed E-state index contributed by atoms with van der Waals surface area (Å²) in [5.74, 6) is -2.35. The van der Waals surface area contributed by atoms with Gasteiger partial charge in [-0.1, -0.05) is 217 Å². The number of ether oxygens (including phenoxy) is 2. The monoisotopic (exact) mass is 1120 g/mol. The first kappa shape index (κ1) is 54.6. The lowest BCUT2D eigenvalue weighted by molar-refractivity contribution is -0.154. The normalized spacial score (nSPS) is 15.1. The minimum Gasteiger partial charge on any atom is -0.450 e. The molecule has 1 saturated heterocycles. The van der Waals surface area contributed by atoms with Gasteiger partial charge in [0.2, 0.25) is 12.5 Å². The number of benzene rings is 7. The molecule has 80 heavy (non-hydrogen) atoms. The zero-order valence-corrected chi connectivity index (χ0v) is 45.7. The molecule has 0 bridgehead atoms. The Morgan fingerprint density at radius 2 is 1.14 bits per heavy atom. The number of aromatic nitrogens is 1. The lowest BCUT2D eigenvalue weighted by Gasteiger charge is -2.49. The van der Waals surface area contributed by atoms with Crippen LogP contribution in [0.5, 0.6) is 0 Å². The number of carbonyl (C=O) groups excluding carboxylic acids is 5. The van der Waals surface area contributed by atoms with Crippen LogP contribution in [0.15, 0.2) is 233 Å². The number of hydrogen-bond acceptors (Lipinski definition) is 14. The van der Waals surface area contributed by atoms with E-state index < -0.39 is 59.5 Å². The Kier molecular flexibility index (Phi) is 17.6. The van der Waals surface area contributed by atoms with Crippen LogP contribution in [0.4, 0.5) is 5.13 Å². The summed E-state index contributed by atoms with van der Waals surface area (Å²) < 4.78 is 12.4. The molecule has 0 spiro atoms. The van der Waals surface area contributed by atoms with Crippen molar-refractivity contribution in [2.75, 3.05) is 30.0 Å². The molecule has 7 aromatic carbocycles. The van der Waals surface area contributed by atoms with Gasteiger partial charge in [0.25, 0.3) is 11.8 Å². The van der Waals surface area contributed by atoms with Crippen molar-refractivity contribution in [1.82, 2.24) is 20.5 Å². The first-order valence-electron chi connectivity index (χ1n) is 25.7. The molecule has 14 nitrogen and oxygen atoms in total. The molecule has 402 valence electrons. The summed E-state index contributed by atoms with van der Waals surface area (Å²) in [7, 11) is 0. The maximum atomic E-state index is 14.9. The molecular formula is C63H54N6O8S3.